The molecule has 2 aliphatic rings. The third-order valence-electron chi connectivity index (χ3n) is 5.54. The van der Waals surface area contributed by atoms with Crippen molar-refractivity contribution < 1.29 is 27.5 Å². The molecule has 1 saturated heterocycles. The van der Waals surface area contributed by atoms with Gasteiger partial charge in [-0.25, -0.2) is 17.5 Å². The molecule has 3 amide bonds. The first kappa shape index (κ1) is 22.9. The van der Waals surface area contributed by atoms with E-state index < -0.39 is 28.5 Å². The zero-order valence-electron chi connectivity index (χ0n) is 18.5. The Hall–Kier alpha value is -3.31. The number of nitrogens with zero attached hydrogens (tertiary/aromatic N) is 3. The number of rotatable bonds is 5. The number of carbonyl (C=O) groups is 2. The highest BCUT2D eigenvalue weighted by Crippen LogP contribution is 2.34. The van der Waals surface area contributed by atoms with Gasteiger partial charge in [0.25, 0.3) is 10.0 Å². The molecule has 4 rings (SSSR count). The second-order valence-electron chi connectivity index (χ2n) is 8.01. The van der Waals surface area contributed by atoms with Crippen LogP contribution in [0.5, 0.6) is 11.5 Å². The van der Waals surface area contributed by atoms with E-state index in [0.29, 0.717) is 47.7 Å². The molecule has 2 aromatic carbocycles. The number of likely N-dealkylation sites (N-methyl/N-ethyl adjacent to an activating group) is 1. The Morgan fingerprint density at radius 3 is 2.36 bits per heavy atom. The van der Waals surface area contributed by atoms with Gasteiger partial charge >= 0.3 is 6.03 Å². The zero-order chi connectivity index (χ0) is 23.6. The average Bonchev–Trinajstić information content (AvgIpc) is 3.26. The fraction of sp³-hybridized carbons (Fsp3) is 0.364. The summed E-state index contributed by atoms with van der Waals surface area (Å²) >= 11 is 0. The second-order valence-corrected chi connectivity index (χ2v) is 9.88. The van der Waals surface area contributed by atoms with Crippen LogP contribution in [0.1, 0.15) is 5.56 Å². The van der Waals surface area contributed by atoms with Crippen molar-refractivity contribution >= 4 is 27.6 Å². The third kappa shape index (κ3) is 5.04. The van der Waals surface area contributed by atoms with Crippen molar-refractivity contribution in [2.24, 2.45) is 0 Å². The summed E-state index contributed by atoms with van der Waals surface area (Å²) in [5.41, 5.74) is 1.29. The van der Waals surface area contributed by atoms with Crippen LogP contribution in [0.3, 0.4) is 0 Å². The maximum absolute atomic E-state index is 13.4. The van der Waals surface area contributed by atoms with Gasteiger partial charge in [-0.2, -0.15) is 0 Å². The fourth-order valence-electron chi connectivity index (χ4n) is 3.55. The summed E-state index contributed by atoms with van der Waals surface area (Å²) in [5, 5.41) is 2.64. The van der Waals surface area contributed by atoms with Crippen LogP contribution >= 0.6 is 0 Å². The summed E-state index contributed by atoms with van der Waals surface area (Å²) in [6, 6.07) is 10.3. The number of benzene rings is 2. The number of hydrogen-bond acceptors (Lipinski definition) is 7. The predicted molar refractivity (Wildman–Crippen MR) is 121 cm³/mol. The molecule has 1 N–H and O–H groups in total. The normalized spacial score (nSPS) is 15.9. The van der Waals surface area contributed by atoms with Gasteiger partial charge in [-0.15, -0.1) is 0 Å². The SMILES string of the molecule is Cc1ccc(S(=O)(=O)N(CC(=O)Nc2ccc3c(c2)OCO3)C(=O)N2CCN(C)CC2)cc1. The lowest BCUT2D eigenvalue weighted by Crippen LogP contribution is -2.54. The molecule has 2 aliphatic heterocycles. The Morgan fingerprint density at radius 1 is 1.00 bits per heavy atom. The smallest absolute Gasteiger partial charge is 0.334 e. The summed E-state index contributed by atoms with van der Waals surface area (Å²) in [6.07, 6.45) is 0. The summed E-state index contributed by atoms with van der Waals surface area (Å²) in [6.45, 7) is 3.26. The Labute approximate surface area is 192 Å². The van der Waals surface area contributed by atoms with E-state index in [1.165, 1.54) is 17.0 Å². The molecule has 0 bridgehead atoms. The van der Waals surface area contributed by atoms with Crippen LogP contribution in [0, 0.1) is 6.92 Å². The number of nitrogens with one attached hydrogen (secondary N) is 1. The van der Waals surface area contributed by atoms with Crippen molar-refractivity contribution in [3.63, 3.8) is 0 Å². The van der Waals surface area contributed by atoms with Crippen LogP contribution < -0.4 is 14.8 Å². The van der Waals surface area contributed by atoms with Gasteiger partial charge in [0.15, 0.2) is 11.5 Å². The van der Waals surface area contributed by atoms with Crippen molar-refractivity contribution in [3.05, 3.63) is 48.0 Å². The number of ether oxygens (including phenoxy) is 2. The van der Waals surface area contributed by atoms with Crippen molar-refractivity contribution in [1.82, 2.24) is 14.1 Å². The van der Waals surface area contributed by atoms with Crippen molar-refractivity contribution in [3.8, 4) is 11.5 Å². The number of piperazine rings is 1. The first-order valence-corrected chi connectivity index (χ1v) is 11.9. The lowest BCUT2D eigenvalue weighted by Gasteiger charge is -2.35. The number of urea groups is 1. The summed E-state index contributed by atoms with van der Waals surface area (Å²) in [5.74, 6) is 0.388. The largest absolute Gasteiger partial charge is 0.454 e. The highest BCUT2D eigenvalue weighted by molar-refractivity contribution is 7.89. The quantitative estimate of drug-likeness (QED) is 0.703. The van der Waals surface area contributed by atoms with E-state index in [9.17, 15) is 18.0 Å². The molecule has 0 spiro atoms. The van der Waals surface area contributed by atoms with Gasteiger partial charge in [0, 0.05) is 37.9 Å². The number of hydrogen-bond donors (Lipinski definition) is 1. The van der Waals surface area contributed by atoms with Gasteiger partial charge in [0.1, 0.15) is 6.54 Å². The summed E-state index contributed by atoms with van der Waals surface area (Å²) in [7, 11) is -2.32. The molecular weight excluding hydrogens is 448 g/mol. The van der Waals surface area contributed by atoms with E-state index in [-0.39, 0.29) is 11.7 Å². The number of anilines is 1. The first-order valence-electron chi connectivity index (χ1n) is 10.5. The number of aryl methyl sites for hydroxylation is 1. The molecule has 176 valence electrons. The minimum Gasteiger partial charge on any atom is -0.454 e. The van der Waals surface area contributed by atoms with Gasteiger partial charge in [-0.1, -0.05) is 17.7 Å². The average molecular weight is 475 g/mol. The van der Waals surface area contributed by atoms with Crippen LogP contribution in [-0.4, -0.2) is 81.0 Å². The molecule has 11 heteroatoms. The number of carbonyl (C=O) groups excluding carboxylic acids is 2. The number of fused-ring (bicyclic) bond motifs is 1. The third-order valence-corrected chi connectivity index (χ3v) is 7.27. The van der Waals surface area contributed by atoms with Crippen LogP contribution in [0.15, 0.2) is 47.4 Å². The Bertz CT molecular complexity index is 1140. The lowest BCUT2D eigenvalue weighted by molar-refractivity contribution is -0.116. The Kier molecular flexibility index (Phi) is 6.43. The molecule has 2 heterocycles. The molecule has 0 atom stereocenters. The van der Waals surface area contributed by atoms with Crippen LogP contribution in [-0.2, 0) is 14.8 Å². The first-order chi connectivity index (χ1) is 15.7. The van der Waals surface area contributed by atoms with Crippen LogP contribution in [0.25, 0.3) is 0 Å². The predicted octanol–water partition coefficient (Wildman–Crippen LogP) is 1.72. The number of amides is 3. The molecule has 10 nitrogen and oxygen atoms in total. The Morgan fingerprint density at radius 2 is 1.67 bits per heavy atom. The van der Waals surface area contributed by atoms with Gasteiger partial charge < -0.3 is 24.6 Å². The van der Waals surface area contributed by atoms with Gasteiger partial charge in [0.05, 0.1) is 4.90 Å². The summed E-state index contributed by atoms with van der Waals surface area (Å²) < 4.78 is 38.0. The second kappa shape index (κ2) is 9.28. The van der Waals surface area contributed by atoms with Crippen molar-refractivity contribution in [2.75, 3.05) is 51.9 Å². The monoisotopic (exact) mass is 474 g/mol. The molecule has 0 saturated carbocycles. The summed E-state index contributed by atoms with van der Waals surface area (Å²) in [4.78, 5) is 29.6. The Balaban J connectivity index is 1.57. The van der Waals surface area contributed by atoms with Crippen molar-refractivity contribution in [1.29, 1.82) is 0 Å². The molecule has 0 aliphatic carbocycles. The highest BCUT2D eigenvalue weighted by Gasteiger charge is 2.35. The molecule has 33 heavy (non-hydrogen) atoms. The molecule has 0 aromatic heterocycles. The van der Waals surface area contributed by atoms with Crippen molar-refractivity contribution in [2.45, 2.75) is 11.8 Å². The molecule has 1 fully saturated rings. The maximum atomic E-state index is 13.4. The van der Waals surface area contributed by atoms with E-state index >= 15 is 0 Å². The molecule has 0 radical (unpaired) electrons. The highest BCUT2D eigenvalue weighted by atomic mass is 32.2. The fourth-order valence-corrected chi connectivity index (χ4v) is 4.90. The molecule has 2 aromatic rings. The topological polar surface area (TPSA) is 108 Å². The van der Waals surface area contributed by atoms with E-state index in [1.54, 1.807) is 30.3 Å². The van der Waals surface area contributed by atoms with E-state index in [1.807, 2.05) is 14.0 Å². The molecule has 0 unspecified atom stereocenters. The van der Waals surface area contributed by atoms with Crippen LogP contribution in [0.2, 0.25) is 0 Å². The minimum absolute atomic E-state index is 0.0496. The van der Waals surface area contributed by atoms with E-state index in [0.717, 1.165) is 5.56 Å². The molecular formula is C22H26N4O6S. The van der Waals surface area contributed by atoms with Gasteiger partial charge in [-0.3, -0.25) is 4.79 Å². The van der Waals surface area contributed by atoms with Gasteiger partial charge in [0.2, 0.25) is 12.7 Å². The lowest BCUT2D eigenvalue weighted by atomic mass is 10.2. The van der Waals surface area contributed by atoms with E-state index in [2.05, 4.69) is 10.2 Å². The maximum Gasteiger partial charge on any atom is 0.334 e. The van der Waals surface area contributed by atoms with Crippen LogP contribution in [0.4, 0.5) is 10.5 Å². The van der Waals surface area contributed by atoms with Gasteiger partial charge in [-0.05, 0) is 38.2 Å². The van der Waals surface area contributed by atoms with E-state index in [4.69, 9.17) is 9.47 Å². The minimum atomic E-state index is -4.25. The standard InChI is InChI=1S/C22H26N4O6S/c1-16-3-6-18(7-4-16)33(29,30)26(22(28)25-11-9-24(2)10-12-25)14-21(27)23-17-5-8-19-20(13-17)32-15-31-19/h3-8,13H,9-12,14-15H2,1-2H3,(H,23,27). The zero-order valence-corrected chi connectivity index (χ0v) is 19.3. The number of sulfonamides is 1.